The maximum Gasteiger partial charge on any atom is 0.260 e. The number of benzene rings is 3. The lowest BCUT2D eigenvalue weighted by atomic mass is 10.2. The summed E-state index contributed by atoms with van der Waals surface area (Å²) in [5.74, 6) is 0.974. The fourth-order valence-electron chi connectivity index (χ4n) is 3.18. The SMILES string of the molecule is COc1ccc(N(CC(=O)N/N=C\c2cc(Br)c(OCc3ccccc3)c(OC)c2)S(C)(=O)=O)cc1. The van der Waals surface area contributed by atoms with Crippen molar-refractivity contribution in [2.24, 2.45) is 5.10 Å². The van der Waals surface area contributed by atoms with Gasteiger partial charge >= 0.3 is 0 Å². The van der Waals surface area contributed by atoms with Gasteiger partial charge in [-0.25, -0.2) is 13.8 Å². The van der Waals surface area contributed by atoms with E-state index in [0.29, 0.717) is 39.6 Å². The zero-order chi connectivity index (χ0) is 26.1. The Hall–Kier alpha value is -3.57. The normalized spacial score (nSPS) is 11.2. The van der Waals surface area contributed by atoms with E-state index in [1.807, 2.05) is 30.3 Å². The van der Waals surface area contributed by atoms with E-state index in [1.165, 1.54) is 20.4 Å². The predicted molar refractivity (Wildman–Crippen MR) is 142 cm³/mol. The Bertz CT molecular complexity index is 1320. The standard InChI is InChI=1S/C25H26BrN3O6S/c1-33-21-11-9-20(10-12-21)29(36(3,31)32)16-24(30)28-27-15-19-13-22(26)25(23(14-19)34-2)35-17-18-7-5-4-6-8-18/h4-15H,16-17H2,1-3H3,(H,28,30)/b27-15-. The van der Waals surface area contributed by atoms with Crippen molar-refractivity contribution < 1.29 is 27.4 Å². The van der Waals surface area contributed by atoms with Crippen LogP contribution >= 0.6 is 15.9 Å². The number of anilines is 1. The lowest BCUT2D eigenvalue weighted by molar-refractivity contribution is -0.119. The summed E-state index contributed by atoms with van der Waals surface area (Å²) in [6, 6.07) is 19.5. The minimum atomic E-state index is -3.71. The van der Waals surface area contributed by atoms with Crippen LogP contribution in [0.3, 0.4) is 0 Å². The molecule has 3 rings (SSSR count). The zero-order valence-electron chi connectivity index (χ0n) is 20.0. The number of ether oxygens (including phenoxy) is 3. The minimum absolute atomic E-state index is 0.331. The number of halogens is 1. The van der Waals surface area contributed by atoms with Crippen LogP contribution in [0.25, 0.3) is 0 Å². The number of rotatable bonds is 11. The molecule has 0 aromatic heterocycles. The van der Waals surface area contributed by atoms with Crippen LogP contribution in [0.4, 0.5) is 5.69 Å². The van der Waals surface area contributed by atoms with E-state index in [9.17, 15) is 13.2 Å². The quantitative estimate of drug-likeness (QED) is 0.274. The number of hydrogen-bond donors (Lipinski definition) is 1. The lowest BCUT2D eigenvalue weighted by Gasteiger charge is -2.21. The first kappa shape index (κ1) is 27.0. The summed E-state index contributed by atoms with van der Waals surface area (Å²) in [5.41, 5.74) is 4.33. The Morgan fingerprint density at radius 1 is 1.06 bits per heavy atom. The molecular formula is C25H26BrN3O6S. The molecule has 11 heteroatoms. The largest absolute Gasteiger partial charge is 0.497 e. The fraction of sp³-hybridized carbons (Fsp3) is 0.200. The first-order valence-corrected chi connectivity index (χ1v) is 13.3. The maximum absolute atomic E-state index is 12.4. The second kappa shape index (κ2) is 12.4. The molecule has 0 heterocycles. The molecule has 0 saturated heterocycles. The third-order valence-electron chi connectivity index (χ3n) is 4.93. The summed E-state index contributed by atoms with van der Waals surface area (Å²) in [4.78, 5) is 12.4. The highest BCUT2D eigenvalue weighted by Gasteiger charge is 2.21. The number of nitrogens with one attached hydrogen (secondary N) is 1. The summed E-state index contributed by atoms with van der Waals surface area (Å²) >= 11 is 3.49. The van der Waals surface area contributed by atoms with Gasteiger partial charge in [-0.15, -0.1) is 0 Å². The van der Waals surface area contributed by atoms with E-state index >= 15 is 0 Å². The monoisotopic (exact) mass is 575 g/mol. The molecule has 0 unspecified atom stereocenters. The summed E-state index contributed by atoms with van der Waals surface area (Å²) in [6.45, 7) is -0.0773. The van der Waals surface area contributed by atoms with Crippen LogP contribution in [0.1, 0.15) is 11.1 Å². The molecule has 1 N–H and O–H groups in total. The molecule has 0 radical (unpaired) electrons. The highest BCUT2D eigenvalue weighted by atomic mass is 79.9. The number of hydrogen-bond acceptors (Lipinski definition) is 7. The van der Waals surface area contributed by atoms with Gasteiger partial charge in [-0.05, 0) is 63.5 Å². The molecule has 0 bridgehead atoms. The van der Waals surface area contributed by atoms with Crippen LogP contribution < -0.4 is 23.9 Å². The molecule has 0 saturated carbocycles. The third kappa shape index (κ3) is 7.46. The number of sulfonamides is 1. The second-order valence-corrected chi connectivity index (χ2v) is 10.3. The van der Waals surface area contributed by atoms with Gasteiger partial charge in [0.1, 0.15) is 18.9 Å². The second-order valence-electron chi connectivity index (χ2n) is 7.57. The highest BCUT2D eigenvalue weighted by molar-refractivity contribution is 9.10. The van der Waals surface area contributed by atoms with E-state index in [2.05, 4.69) is 26.5 Å². The maximum atomic E-state index is 12.4. The molecule has 36 heavy (non-hydrogen) atoms. The van der Waals surface area contributed by atoms with Crippen LogP contribution in [0.2, 0.25) is 0 Å². The van der Waals surface area contributed by atoms with Crippen molar-refractivity contribution in [3.8, 4) is 17.2 Å². The summed E-state index contributed by atoms with van der Waals surface area (Å²) in [6.07, 6.45) is 2.45. The Balaban J connectivity index is 1.67. The van der Waals surface area contributed by atoms with Crippen LogP contribution in [-0.2, 0) is 21.4 Å². The smallest absolute Gasteiger partial charge is 0.260 e. The molecule has 1 amide bonds. The average molecular weight is 576 g/mol. The van der Waals surface area contributed by atoms with Gasteiger partial charge in [0.15, 0.2) is 11.5 Å². The lowest BCUT2D eigenvalue weighted by Crippen LogP contribution is -2.39. The number of methoxy groups -OCH3 is 2. The molecule has 3 aromatic carbocycles. The van der Waals surface area contributed by atoms with E-state index in [1.54, 1.807) is 36.4 Å². The van der Waals surface area contributed by atoms with Crippen molar-refractivity contribution in [3.05, 3.63) is 82.3 Å². The van der Waals surface area contributed by atoms with Gasteiger partial charge in [0.25, 0.3) is 5.91 Å². The van der Waals surface area contributed by atoms with Gasteiger partial charge in [0.05, 0.1) is 36.9 Å². The van der Waals surface area contributed by atoms with Gasteiger partial charge in [-0.3, -0.25) is 9.10 Å². The number of hydrazone groups is 1. The van der Waals surface area contributed by atoms with Crippen molar-refractivity contribution in [1.29, 1.82) is 0 Å². The van der Waals surface area contributed by atoms with Gasteiger partial charge in [-0.1, -0.05) is 30.3 Å². The molecule has 3 aromatic rings. The third-order valence-corrected chi connectivity index (χ3v) is 6.66. The van der Waals surface area contributed by atoms with Crippen LogP contribution in [0, 0.1) is 0 Å². The summed E-state index contributed by atoms with van der Waals surface area (Å²) in [7, 11) is -0.677. The number of carbonyl (C=O) groups is 1. The average Bonchev–Trinajstić information content (AvgIpc) is 2.86. The van der Waals surface area contributed by atoms with Crippen molar-refractivity contribution in [2.45, 2.75) is 6.61 Å². The molecule has 9 nitrogen and oxygen atoms in total. The van der Waals surface area contributed by atoms with Gasteiger partial charge < -0.3 is 14.2 Å². The van der Waals surface area contributed by atoms with Gasteiger partial charge in [0.2, 0.25) is 10.0 Å². The van der Waals surface area contributed by atoms with E-state index in [-0.39, 0.29) is 0 Å². The molecule has 0 aliphatic heterocycles. The van der Waals surface area contributed by atoms with E-state index in [0.717, 1.165) is 16.1 Å². The minimum Gasteiger partial charge on any atom is -0.497 e. The Morgan fingerprint density at radius 2 is 1.75 bits per heavy atom. The van der Waals surface area contributed by atoms with Crippen LogP contribution in [0.5, 0.6) is 17.2 Å². The van der Waals surface area contributed by atoms with Crippen molar-refractivity contribution >= 4 is 43.8 Å². The molecule has 190 valence electrons. The summed E-state index contributed by atoms with van der Waals surface area (Å²) in [5, 5.41) is 3.95. The van der Waals surface area contributed by atoms with Crippen LogP contribution in [-0.4, -0.2) is 47.6 Å². The molecule has 0 atom stereocenters. The predicted octanol–water partition coefficient (Wildman–Crippen LogP) is 3.96. The zero-order valence-corrected chi connectivity index (χ0v) is 22.4. The van der Waals surface area contributed by atoms with Gasteiger partial charge in [-0.2, -0.15) is 5.10 Å². The molecule has 0 aliphatic carbocycles. The fourth-order valence-corrected chi connectivity index (χ4v) is 4.61. The summed E-state index contributed by atoms with van der Waals surface area (Å²) < 4.78 is 42.6. The molecule has 0 spiro atoms. The first-order chi connectivity index (χ1) is 17.2. The van der Waals surface area contributed by atoms with E-state index in [4.69, 9.17) is 14.2 Å². The Kier molecular flexibility index (Phi) is 9.31. The molecular weight excluding hydrogens is 550 g/mol. The van der Waals surface area contributed by atoms with Gasteiger partial charge in [0, 0.05) is 0 Å². The Labute approximate surface area is 218 Å². The highest BCUT2D eigenvalue weighted by Crippen LogP contribution is 2.36. The number of carbonyl (C=O) groups excluding carboxylic acids is 1. The first-order valence-electron chi connectivity index (χ1n) is 10.7. The van der Waals surface area contributed by atoms with Crippen LogP contribution in [0.15, 0.2) is 76.3 Å². The number of amides is 1. The Morgan fingerprint density at radius 3 is 2.36 bits per heavy atom. The number of nitrogens with zero attached hydrogens (tertiary/aromatic N) is 2. The van der Waals surface area contributed by atoms with Crippen molar-refractivity contribution in [1.82, 2.24) is 5.43 Å². The molecule has 0 aliphatic rings. The van der Waals surface area contributed by atoms with Crippen molar-refractivity contribution in [3.63, 3.8) is 0 Å². The topological polar surface area (TPSA) is 107 Å². The van der Waals surface area contributed by atoms with E-state index < -0.39 is 22.5 Å². The molecule has 0 fully saturated rings. The van der Waals surface area contributed by atoms with Crippen molar-refractivity contribution in [2.75, 3.05) is 31.3 Å².